The topological polar surface area (TPSA) is 53.4 Å². The normalized spacial score (nSPS) is 13.6. The Hall–Kier alpha value is -1.72. The van der Waals surface area contributed by atoms with Gasteiger partial charge in [-0.2, -0.15) is 0 Å². The maximum absolute atomic E-state index is 12.3. The van der Waals surface area contributed by atoms with Gasteiger partial charge in [-0.25, -0.2) is 4.98 Å². The van der Waals surface area contributed by atoms with E-state index in [2.05, 4.69) is 4.98 Å². The number of hydrogen-bond acceptors (Lipinski definition) is 4. The Bertz CT molecular complexity index is 623. The summed E-state index contributed by atoms with van der Waals surface area (Å²) in [5.74, 6) is -0.0675. The van der Waals surface area contributed by atoms with Crippen LogP contribution in [0, 0.1) is 6.92 Å². The molecule has 0 aliphatic carbocycles. The maximum Gasteiger partial charge on any atom is 0.225 e. The molecular weight excluding hydrogens is 296 g/mol. The molecule has 1 atom stereocenters. The smallest absolute Gasteiger partial charge is 0.225 e. The molecule has 1 unspecified atom stereocenters. The van der Waals surface area contributed by atoms with Crippen molar-refractivity contribution in [2.24, 2.45) is 0 Å². The van der Waals surface area contributed by atoms with E-state index in [0.29, 0.717) is 6.54 Å². The van der Waals surface area contributed by atoms with Gasteiger partial charge >= 0.3 is 0 Å². The summed E-state index contributed by atoms with van der Waals surface area (Å²) in [4.78, 5) is 19.4. The van der Waals surface area contributed by atoms with Crippen molar-refractivity contribution in [3.8, 4) is 0 Å². The Morgan fingerprint density at radius 3 is 2.64 bits per heavy atom. The number of hydrogen-bond donors (Lipinski definition) is 1. The third-order valence-corrected chi connectivity index (χ3v) is 4.62. The first-order chi connectivity index (χ1) is 10.4. The van der Waals surface area contributed by atoms with Crippen LogP contribution in [0.25, 0.3) is 0 Å². The number of amides is 1. The first kappa shape index (κ1) is 16.6. The first-order valence-corrected chi connectivity index (χ1v) is 8.13. The van der Waals surface area contributed by atoms with Crippen molar-refractivity contribution >= 4 is 17.2 Å². The standard InChI is InChI=1S/C17H22N2O2S/c1-13-12-18-15(22-13)9-10-19(3)16(20)11-17(2,21)14-7-5-4-6-8-14/h4-8,12,21H,9-11H2,1-3H3. The van der Waals surface area contributed by atoms with E-state index in [4.69, 9.17) is 0 Å². The van der Waals surface area contributed by atoms with E-state index in [0.717, 1.165) is 17.0 Å². The molecule has 2 aromatic rings. The number of carbonyl (C=O) groups excluding carboxylic acids is 1. The number of aliphatic hydroxyl groups is 1. The molecule has 0 aliphatic heterocycles. The van der Waals surface area contributed by atoms with Crippen LogP contribution in [0.3, 0.4) is 0 Å². The average molecular weight is 318 g/mol. The van der Waals surface area contributed by atoms with Crippen molar-refractivity contribution in [3.05, 3.63) is 52.0 Å². The summed E-state index contributed by atoms with van der Waals surface area (Å²) in [6.45, 7) is 4.31. The molecule has 2 rings (SSSR count). The molecule has 0 saturated carbocycles. The van der Waals surface area contributed by atoms with Crippen molar-refractivity contribution < 1.29 is 9.90 Å². The number of likely N-dealkylation sites (N-methyl/N-ethyl adjacent to an activating group) is 1. The molecule has 0 aliphatic rings. The van der Waals surface area contributed by atoms with Gasteiger partial charge < -0.3 is 10.0 Å². The Morgan fingerprint density at radius 2 is 2.05 bits per heavy atom. The predicted molar refractivity (Wildman–Crippen MR) is 88.8 cm³/mol. The third kappa shape index (κ3) is 4.39. The second kappa shape index (κ2) is 7.03. The molecule has 22 heavy (non-hydrogen) atoms. The van der Waals surface area contributed by atoms with Gasteiger partial charge in [-0.05, 0) is 19.4 Å². The van der Waals surface area contributed by atoms with Crippen LogP contribution in [0.1, 0.15) is 28.8 Å². The molecule has 0 saturated heterocycles. The number of rotatable bonds is 6. The van der Waals surface area contributed by atoms with Gasteiger partial charge in [0.2, 0.25) is 5.91 Å². The maximum atomic E-state index is 12.3. The lowest BCUT2D eigenvalue weighted by molar-refractivity contribution is -0.134. The van der Waals surface area contributed by atoms with Gasteiger partial charge in [0.05, 0.1) is 17.0 Å². The van der Waals surface area contributed by atoms with Crippen molar-refractivity contribution in [2.75, 3.05) is 13.6 Å². The minimum Gasteiger partial charge on any atom is -0.385 e. The average Bonchev–Trinajstić information content (AvgIpc) is 2.91. The van der Waals surface area contributed by atoms with Crippen LogP contribution in [-0.2, 0) is 16.8 Å². The molecule has 4 nitrogen and oxygen atoms in total. The second-order valence-electron chi connectivity index (χ2n) is 5.75. The summed E-state index contributed by atoms with van der Waals surface area (Å²) in [6.07, 6.45) is 2.67. The van der Waals surface area contributed by atoms with Crippen LogP contribution in [0.4, 0.5) is 0 Å². The van der Waals surface area contributed by atoms with Gasteiger partial charge in [0.25, 0.3) is 0 Å². The first-order valence-electron chi connectivity index (χ1n) is 7.31. The van der Waals surface area contributed by atoms with Crippen LogP contribution < -0.4 is 0 Å². The molecule has 0 fully saturated rings. The van der Waals surface area contributed by atoms with Crippen molar-refractivity contribution in [1.82, 2.24) is 9.88 Å². The zero-order chi connectivity index (χ0) is 16.2. The van der Waals surface area contributed by atoms with Crippen LogP contribution >= 0.6 is 11.3 Å². The van der Waals surface area contributed by atoms with Gasteiger partial charge in [-0.3, -0.25) is 4.79 Å². The van der Waals surface area contributed by atoms with Crippen LogP contribution in [0.2, 0.25) is 0 Å². The highest BCUT2D eigenvalue weighted by Crippen LogP contribution is 2.24. The summed E-state index contributed by atoms with van der Waals surface area (Å²) in [6, 6.07) is 9.30. The Morgan fingerprint density at radius 1 is 1.36 bits per heavy atom. The third-order valence-electron chi connectivity index (χ3n) is 3.65. The number of aromatic nitrogens is 1. The van der Waals surface area contributed by atoms with Crippen LogP contribution in [0.15, 0.2) is 36.5 Å². The fourth-order valence-corrected chi connectivity index (χ4v) is 3.01. The van der Waals surface area contributed by atoms with Crippen LogP contribution in [-0.4, -0.2) is 34.5 Å². The fraction of sp³-hybridized carbons (Fsp3) is 0.412. The largest absolute Gasteiger partial charge is 0.385 e. The number of carbonyl (C=O) groups is 1. The van der Waals surface area contributed by atoms with Gasteiger partial charge in [0, 0.05) is 31.1 Å². The van der Waals surface area contributed by atoms with Crippen molar-refractivity contribution in [2.45, 2.75) is 32.3 Å². The summed E-state index contributed by atoms with van der Waals surface area (Å²) < 4.78 is 0. The number of benzene rings is 1. The molecule has 1 aromatic heterocycles. The zero-order valence-electron chi connectivity index (χ0n) is 13.2. The van der Waals surface area contributed by atoms with Crippen molar-refractivity contribution in [1.29, 1.82) is 0 Å². The lowest BCUT2D eigenvalue weighted by atomic mass is 9.92. The SMILES string of the molecule is Cc1cnc(CCN(C)C(=O)CC(C)(O)c2ccccc2)s1. The fourth-order valence-electron chi connectivity index (χ4n) is 2.23. The van der Waals surface area contributed by atoms with Gasteiger partial charge in [0.15, 0.2) is 0 Å². The highest BCUT2D eigenvalue weighted by Gasteiger charge is 2.27. The quantitative estimate of drug-likeness (QED) is 0.891. The Balaban J connectivity index is 1.90. The van der Waals surface area contributed by atoms with Gasteiger partial charge in [-0.1, -0.05) is 30.3 Å². The summed E-state index contributed by atoms with van der Waals surface area (Å²) in [7, 11) is 1.77. The second-order valence-corrected chi connectivity index (χ2v) is 7.07. The molecular formula is C17H22N2O2S. The molecule has 1 heterocycles. The molecule has 1 amide bonds. The molecule has 0 radical (unpaired) electrons. The molecule has 0 spiro atoms. The summed E-state index contributed by atoms with van der Waals surface area (Å²) in [5, 5.41) is 11.6. The van der Waals surface area contributed by atoms with Crippen molar-refractivity contribution in [3.63, 3.8) is 0 Å². The molecule has 0 bridgehead atoms. The summed E-state index contributed by atoms with van der Waals surface area (Å²) >= 11 is 1.65. The monoisotopic (exact) mass is 318 g/mol. The Labute approximate surface area is 135 Å². The van der Waals surface area contributed by atoms with E-state index in [1.54, 1.807) is 30.2 Å². The van der Waals surface area contributed by atoms with E-state index in [1.807, 2.05) is 43.5 Å². The van der Waals surface area contributed by atoms with E-state index in [1.165, 1.54) is 4.88 Å². The molecule has 1 aromatic carbocycles. The van der Waals surface area contributed by atoms with Gasteiger partial charge in [-0.15, -0.1) is 11.3 Å². The van der Waals surface area contributed by atoms with E-state index in [-0.39, 0.29) is 12.3 Å². The van der Waals surface area contributed by atoms with E-state index in [9.17, 15) is 9.90 Å². The Kier molecular flexibility index (Phi) is 5.32. The zero-order valence-corrected chi connectivity index (χ0v) is 14.1. The van der Waals surface area contributed by atoms with Gasteiger partial charge in [0.1, 0.15) is 0 Å². The van der Waals surface area contributed by atoms with E-state index < -0.39 is 5.60 Å². The minimum absolute atomic E-state index is 0.0675. The minimum atomic E-state index is -1.15. The predicted octanol–water partition coefficient (Wildman–Crippen LogP) is 2.75. The summed E-state index contributed by atoms with van der Waals surface area (Å²) in [5.41, 5.74) is -0.392. The molecule has 5 heteroatoms. The van der Waals surface area contributed by atoms with Crippen LogP contribution in [0.5, 0.6) is 0 Å². The molecule has 1 N–H and O–H groups in total. The molecule has 118 valence electrons. The lowest BCUT2D eigenvalue weighted by Crippen LogP contribution is -2.35. The highest BCUT2D eigenvalue weighted by molar-refractivity contribution is 7.11. The van der Waals surface area contributed by atoms with E-state index >= 15 is 0 Å². The number of thiazole rings is 1. The highest BCUT2D eigenvalue weighted by atomic mass is 32.1. The lowest BCUT2D eigenvalue weighted by Gasteiger charge is -2.26. The number of aryl methyl sites for hydroxylation is 1. The number of nitrogens with zero attached hydrogens (tertiary/aromatic N) is 2.